The minimum absolute atomic E-state index is 0.0235. The number of carboxylic acid groups (broad SMARTS) is 1. The van der Waals surface area contributed by atoms with Gasteiger partial charge in [0.1, 0.15) is 6.61 Å². The largest absolute Gasteiger partial charge is 0.481 e. The second-order valence-corrected chi connectivity index (χ2v) is 3.86. The van der Waals surface area contributed by atoms with Crippen LogP contribution in [0.25, 0.3) is 0 Å². The highest BCUT2D eigenvalue weighted by Gasteiger charge is 2.41. The van der Waals surface area contributed by atoms with Crippen LogP contribution in [-0.4, -0.2) is 48.7 Å². The molecule has 0 bridgehead atoms. The third-order valence-corrected chi connectivity index (χ3v) is 2.61. The standard InChI is InChI=1S/C9H15NO4/c1-9(8(12)13)3-4-10(6-9)7(11)5-14-2/h3-6H2,1-2H3,(H,12,13). The number of likely N-dealkylation sites (tertiary alicyclic amines) is 1. The molecule has 1 N–H and O–H groups in total. The van der Waals surface area contributed by atoms with Gasteiger partial charge in [-0.05, 0) is 13.3 Å². The maximum absolute atomic E-state index is 11.4. The van der Waals surface area contributed by atoms with E-state index in [-0.39, 0.29) is 19.1 Å². The fourth-order valence-corrected chi connectivity index (χ4v) is 1.56. The van der Waals surface area contributed by atoms with Crippen LogP contribution >= 0.6 is 0 Å². The number of carbonyl (C=O) groups excluding carboxylic acids is 1. The molecule has 80 valence electrons. The Morgan fingerprint density at radius 3 is 2.64 bits per heavy atom. The Balaban J connectivity index is 2.56. The minimum atomic E-state index is -0.842. The molecular weight excluding hydrogens is 186 g/mol. The zero-order chi connectivity index (χ0) is 10.8. The number of aliphatic carboxylic acids is 1. The van der Waals surface area contributed by atoms with Crippen molar-refractivity contribution in [1.29, 1.82) is 0 Å². The van der Waals surface area contributed by atoms with E-state index in [1.807, 2.05) is 0 Å². The Morgan fingerprint density at radius 1 is 1.57 bits per heavy atom. The first-order chi connectivity index (χ1) is 6.49. The van der Waals surface area contributed by atoms with E-state index >= 15 is 0 Å². The van der Waals surface area contributed by atoms with Crippen molar-refractivity contribution in [1.82, 2.24) is 4.90 Å². The number of nitrogens with zero attached hydrogens (tertiary/aromatic N) is 1. The summed E-state index contributed by atoms with van der Waals surface area (Å²) in [5.74, 6) is -0.984. The fraction of sp³-hybridized carbons (Fsp3) is 0.778. The molecule has 1 rings (SSSR count). The number of carbonyl (C=O) groups is 2. The molecule has 0 aromatic heterocycles. The summed E-state index contributed by atoms with van der Waals surface area (Å²) >= 11 is 0. The van der Waals surface area contributed by atoms with E-state index in [2.05, 4.69) is 0 Å². The van der Waals surface area contributed by atoms with Gasteiger partial charge in [-0.1, -0.05) is 0 Å². The Hall–Kier alpha value is -1.10. The summed E-state index contributed by atoms with van der Waals surface area (Å²) < 4.78 is 4.71. The van der Waals surface area contributed by atoms with Gasteiger partial charge in [-0.15, -0.1) is 0 Å². The summed E-state index contributed by atoms with van der Waals surface area (Å²) in [7, 11) is 1.45. The van der Waals surface area contributed by atoms with Crippen LogP contribution in [0.3, 0.4) is 0 Å². The summed E-state index contributed by atoms with van der Waals surface area (Å²) in [4.78, 5) is 23.8. The van der Waals surface area contributed by atoms with Crippen LogP contribution in [0.1, 0.15) is 13.3 Å². The van der Waals surface area contributed by atoms with Crippen LogP contribution in [0.2, 0.25) is 0 Å². The molecule has 0 aromatic rings. The number of hydrogen-bond acceptors (Lipinski definition) is 3. The van der Waals surface area contributed by atoms with Crippen LogP contribution in [0.4, 0.5) is 0 Å². The van der Waals surface area contributed by atoms with E-state index in [1.54, 1.807) is 6.92 Å². The van der Waals surface area contributed by atoms with Crippen LogP contribution < -0.4 is 0 Å². The van der Waals surface area contributed by atoms with E-state index in [0.717, 1.165) is 0 Å². The molecule has 0 aromatic carbocycles. The molecule has 0 spiro atoms. The molecule has 1 fully saturated rings. The fourth-order valence-electron chi connectivity index (χ4n) is 1.56. The van der Waals surface area contributed by atoms with E-state index in [9.17, 15) is 9.59 Å². The number of ether oxygens (including phenoxy) is 1. The second kappa shape index (κ2) is 3.96. The lowest BCUT2D eigenvalue weighted by atomic mass is 9.90. The summed E-state index contributed by atoms with van der Waals surface area (Å²) in [6, 6.07) is 0. The third-order valence-electron chi connectivity index (χ3n) is 2.61. The van der Waals surface area contributed by atoms with Gasteiger partial charge in [-0.3, -0.25) is 9.59 Å². The van der Waals surface area contributed by atoms with Crippen molar-refractivity contribution in [2.75, 3.05) is 26.8 Å². The van der Waals surface area contributed by atoms with Crippen molar-refractivity contribution in [2.45, 2.75) is 13.3 Å². The highest BCUT2D eigenvalue weighted by atomic mass is 16.5. The van der Waals surface area contributed by atoms with Crippen molar-refractivity contribution in [3.8, 4) is 0 Å². The molecular formula is C9H15NO4. The maximum atomic E-state index is 11.4. The first-order valence-corrected chi connectivity index (χ1v) is 4.50. The molecule has 1 amide bonds. The average Bonchev–Trinajstić information content (AvgIpc) is 2.50. The number of hydrogen-bond donors (Lipinski definition) is 1. The summed E-state index contributed by atoms with van der Waals surface area (Å²) in [6.07, 6.45) is 0.512. The quantitative estimate of drug-likeness (QED) is 0.695. The van der Waals surface area contributed by atoms with Crippen molar-refractivity contribution >= 4 is 11.9 Å². The zero-order valence-electron chi connectivity index (χ0n) is 8.45. The lowest BCUT2D eigenvalue weighted by molar-refractivity contribution is -0.147. The van der Waals surface area contributed by atoms with Gasteiger partial charge in [0.25, 0.3) is 0 Å². The summed E-state index contributed by atoms with van der Waals surface area (Å²) in [5, 5.41) is 8.93. The topological polar surface area (TPSA) is 66.8 Å². The molecule has 5 nitrogen and oxygen atoms in total. The molecule has 1 atom stereocenters. The predicted molar refractivity (Wildman–Crippen MR) is 48.8 cm³/mol. The lowest BCUT2D eigenvalue weighted by Crippen LogP contribution is -2.36. The van der Waals surface area contributed by atoms with Crippen LogP contribution in [0.15, 0.2) is 0 Å². The van der Waals surface area contributed by atoms with E-state index in [4.69, 9.17) is 9.84 Å². The Bertz CT molecular complexity index is 253. The third kappa shape index (κ3) is 2.04. The van der Waals surface area contributed by atoms with Gasteiger partial charge in [0, 0.05) is 20.2 Å². The summed E-state index contributed by atoms with van der Waals surface area (Å²) in [6.45, 7) is 2.47. The van der Waals surface area contributed by atoms with Gasteiger partial charge in [0.05, 0.1) is 5.41 Å². The number of rotatable bonds is 3. The monoisotopic (exact) mass is 201 g/mol. The van der Waals surface area contributed by atoms with E-state index in [0.29, 0.717) is 13.0 Å². The van der Waals surface area contributed by atoms with Crippen molar-refractivity contribution in [3.63, 3.8) is 0 Å². The molecule has 0 aliphatic carbocycles. The molecule has 1 aliphatic heterocycles. The first kappa shape index (κ1) is 11.0. The Kier molecular flexibility index (Phi) is 3.10. The zero-order valence-corrected chi connectivity index (χ0v) is 8.45. The Labute approximate surface area is 82.6 Å². The van der Waals surface area contributed by atoms with Gasteiger partial charge in [-0.25, -0.2) is 0 Å². The van der Waals surface area contributed by atoms with Crippen LogP contribution in [-0.2, 0) is 14.3 Å². The molecule has 0 radical (unpaired) electrons. The minimum Gasteiger partial charge on any atom is -0.481 e. The molecule has 1 unspecified atom stereocenters. The normalized spacial score (nSPS) is 26.6. The van der Waals surface area contributed by atoms with Gasteiger partial charge in [-0.2, -0.15) is 0 Å². The van der Waals surface area contributed by atoms with Crippen molar-refractivity contribution in [2.24, 2.45) is 5.41 Å². The molecule has 1 saturated heterocycles. The SMILES string of the molecule is COCC(=O)N1CCC(C)(C(=O)O)C1. The number of carboxylic acids is 1. The molecule has 1 heterocycles. The molecule has 0 saturated carbocycles. The van der Waals surface area contributed by atoms with Gasteiger partial charge >= 0.3 is 5.97 Å². The second-order valence-electron chi connectivity index (χ2n) is 3.86. The average molecular weight is 201 g/mol. The van der Waals surface area contributed by atoms with E-state index < -0.39 is 11.4 Å². The first-order valence-electron chi connectivity index (χ1n) is 4.50. The molecule has 14 heavy (non-hydrogen) atoms. The van der Waals surface area contributed by atoms with Crippen LogP contribution in [0, 0.1) is 5.41 Å². The van der Waals surface area contributed by atoms with E-state index in [1.165, 1.54) is 12.0 Å². The van der Waals surface area contributed by atoms with Crippen LogP contribution in [0.5, 0.6) is 0 Å². The smallest absolute Gasteiger partial charge is 0.311 e. The van der Waals surface area contributed by atoms with Gasteiger partial charge in [0.2, 0.25) is 5.91 Å². The maximum Gasteiger partial charge on any atom is 0.311 e. The lowest BCUT2D eigenvalue weighted by Gasteiger charge is -2.19. The highest BCUT2D eigenvalue weighted by Crippen LogP contribution is 2.29. The van der Waals surface area contributed by atoms with Crippen molar-refractivity contribution in [3.05, 3.63) is 0 Å². The predicted octanol–water partition coefficient (Wildman–Crippen LogP) is -0.0440. The summed E-state index contributed by atoms with van der Waals surface area (Å²) in [5.41, 5.74) is -0.788. The van der Waals surface area contributed by atoms with Crippen molar-refractivity contribution < 1.29 is 19.4 Å². The highest BCUT2D eigenvalue weighted by molar-refractivity contribution is 5.81. The Morgan fingerprint density at radius 2 is 2.21 bits per heavy atom. The van der Waals surface area contributed by atoms with Gasteiger partial charge in [0.15, 0.2) is 0 Å². The molecule has 1 aliphatic rings. The number of amides is 1. The van der Waals surface area contributed by atoms with Gasteiger partial charge < -0.3 is 14.7 Å². The number of methoxy groups -OCH3 is 1. The molecule has 5 heteroatoms.